The summed E-state index contributed by atoms with van der Waals surface area (Å²) in [4.78, 5) is 0. The van der Waals surface area contributed by atoms with Gasteiger partial charge in [-0.15, -0.1) is 0 Å². The first-order valence-electron chi connectivity index (χ1n) is 6.82. The average molecular weight is 355 g/mol. The Balaban J connectivity index is 2.70. The predicted molar refractivity (Wildman–Crippen MR) is 74.4 cm³/mol. The Morgan fingerprint density at radius 3 is 1.96 bits per heavy atom. The van der Waals surface area contributed by atoms with Gasteiger partial charge in [-0.3, -0.25) is 5.21 Å². The minimum absolute atomic E-state index is 0.0266. The molecule has 0 atom stereocenters. The summed E-state index contributed by atoms with van der Waals surface area (Å²) in [6.45, 7) is 4.74. The van der Waals surface area contributed by atoms with Crippen molar-refractivity contribution in [2.75, 3.05) is 5.06 Å². The van der Waals surface area contributed by atoms with E-state index in [9.17, 15) is 36.7 Å². The number of rotatable bonds is 1. The molecule has 1 aromatic carbocycles. The maximum Gasteiger partial charge on any atom is 0.430 e. The van der Waals surface area contributed by atoms with Gasteiger partial charge in [0.05, 0.1) is 11.2 Å². The Bertz CT molecular complexity index is 676. The zero-order chi connectivity index (χ0) is 18.7. The molecule has 0 fully saturated rings. The van der Waals surface area contributed by atoms with E-state index in [1.807, 2.05) is 0 Å². The van der Waals surface area contributed by atoms with E-state index in [1.165, 1.54) is 13.0 Å². The second kappa shape index (κ2) is 5.13. The van der Waals surface area contributed by atoms with Gasteiger partial charge in [0.25, 0.3) is 5.60 Å². The van der Waals surface area contributed by atoms with E-state index >= 15 is 0 Å². The minimum atomic E-state index is -5.95. The number of anilines is 1. The number of hydroxylamine groups is 1. The third-order valence-corrected chi connectivity index (χ3v) is 4.00. The highest BCUT2D eigenvalue weighted by molar-refractivity contribution is 5.80. The summed E-state index contributed by atoms with van der Waals surface area (Å²) in [5.74, 6) is 0. The number of aliphatic hydroxyl groups is 1. The smallest absolute Gasteiger partial charge is 0.369 e. The molecule has 2 rings (SSSR count). The summed E-state index contributed by atoms with van der Waals surface area (Å²) in [5.41, 5.74) is -6.83. The lowest BCUT2D eigenvalue weighted by Gasteiger charge is -2.39. The van der Waals surface area contributed by atoms with Crippen LogP contribution in [-0.2, 0) is 5.60 Å². The van der Waals surface area contributed by atoms with Crippen LogP contribution in [0.25, 0.3) is 5.57 Å². The first-order chi connectivity index (χ1) is 10.6. The van der Waals surface area contributed by atoms with Crippen LogP contribution in [0.5, 0.6) is 0 Å². The summed E-state index contributed by atoms with van der Waals surface area (Å²) in [6, 6.07) is 2.03. The third kappa shape index (κ3) is 2.55. The van der Waals surface area contributed by atoms with Crippen LogP contribution in [0.2, 0.25) is 0 Å². The maximum atomic E-state index is 13.0. The first kappa shape index (κ1) is 18.6. The molecule has 0 saturated heterocycles. The molecule has 0 amide bonds. The van der Waals surface area contributed by atoms with Gasteiger partial charge in [0.2, 0.25) is 0 Å². The van der Waals surface area contributed by atoms with Crippen molar-refractivity contribution in [1.82, 2.24) is 0 Å². The molecular weight excluding hydrogens is 340 g/mol. The second-order valence-electron chi connectivity index (χ2n) is 6.23. The Kier molecular flexibility index (Phi) is 3.97. The molecule has 0 bridgehead atoms. The van der Waals surface area contributed by atoms with Crippen molar-refractivity contribution in [3.63, 3.8) is 0 Å². The van der Waals surface area contributed by atoms with Crippen molar-refractivity contribution in [3.8, 4) is 0 Å². The monoisotopic (exact) mass is 355 g/mol. The number of nitrogens with zero attached hydrogens (tertiary/aromatic N) is 1. The van der Waals surface area contributed by atoms with Crippen LogP contribution in [0.1, 0.15) is 31.9 Å². The highest BCUT2D eigenvalue weighted by Gasteiger charge is 2.71. The van der Waals surface area contributed by atoms with Crippen molar-refractivity contribution < 1.29 is 36.7 Å². The van der Waals surface area contributed by atoms with Gasteiger partial charge in [-0.2, -0.15) is 26.3 Å². The molecule has 2 N–H and O–H groups in total. The van der Waals surface area contributed by atoms with Gasteiger partial charge < -0.3 is 5.11 Å². The molecule has 0 spiro atoms. The second-order valence-corrected chi connectivity index (χ2v) is 6.23. The third-order valence-electron chi connectivity index (χ3n) is 4.00. The van der Waals surface area contributed by atoms with Gasteiger partial charge in [-0.25, -0.2) is 5.06 Å². The molecule has 0 saturated carbocycles. The molecule has 24 heavy (non-hydrogen) atoms. The Morgan fingerprint density at radius 1 is 1.00 bits per heavy atom. The lowest BCUT2D eigenvalue weighted by Crippen LogP contribution is -2.54. The Hall–Kier alpha value is -1.74. The Morgan fingerprint density at radius 2 is 1.50 bits per heavy atom. The molecule has 0 radical (unpaired) electrons. The number of hydrogen-bond donors (Lipinski definition) is 2. The predicted octanol–water partition coefficient (Wildman–Crippen LogP) is 4.39. The molecule has 134 valence electrons. The lowest BCUT2D eigenvalue weighted by molar-refractivity contribution is -0.376. The van der Waals surface area contributed by atoms with Crippen molar-refractivity contribution in [3.05, 3.63) is 35.4 Å². The van der Waals surface area contributed by atoms with Crippen LogP contribution in [0, 0.1) is 0 Å². The fourth-order valence-electron chi connectivity index (χ4n) is 2.73. The molecule has 1 aromatic rings. The van der Waals surface area contributed by atoms with Crippen molar-refractivity contribution >= 4 is 11.3 Å². The number of fused-ring (bicyclic) bond motifs is 1. The molecule has 3 nitrogen and oxygen atoms in total. The van der Waals surface area contributed by atoms with Crippen LogP contribution >= 0.6 is 0 Å². The SMILES string of the molecule is CC1=CC(C)(C)N(O)c2ccc(C(O)(C(F)(F)F)C(F)(F)F)cc21. The van der Waals surface area contributed by atoms with Gasteiger partial charge in [-0.1, -0.05) is 12.1 Å². The molecular formula is C15H15F6NO2. The first-order valence-corrected chi connectivity index (χ1v) is 6.82. The van der Waals surface area contributed by atoms with Gasteiger partial charge >= 0.3 is 12.4 Å². The summed E-state index contributed by atoms with van der Waals surface area (Å²) in [6.07, 6.45) is -10.4. The molecule has 1 aliphatic heterocycles. The average Bonchev–Trinajstić information content (AvgIpc) is 2.40. The van der Waals surface area contributed by atoms with Gasteiger partial charge in [0, 0.05) is 11.1 Å². The van der Waals surface area contributed by atoms with Crippen LogP contribution in [0.3, 0.4) is 0 Å². The van der Waals surface area contributed by atoms with Crippen LogP contribution in [0.15, 0.2) is 24.3 Å². The van der Waals surface area contributed by atoms with E-state index in [4.69, 9.17) is 0 Å². The van der Waals surface area contributed by atoms with Crippen molar-refractivity contribution in [2.45, 2.75) is 44.3 Å². The highest BCUT2D eigenvalue weighted by atomic mass is 19.4. The van der Waals surface area contributed by atoms with Gasteiger partial charge in [0.15, 0.2) is 0 Å². The van der Waals surface area contributed by atoms with Crippen molar-refractivity contribution in [2.24, 2.45) is 0 Å². The maximum absolute atomic E-state index is 13.0. The minimum Gasteiger partial charge on any atom is -0.369 e. The number of benzene rings is 1. The molecule has 1 heterocycles. The quantitative estimate of drug-likeness (QED) is 0.735. The molecule has 0 unspecified atom stereocenters. The highest BCUT2D eigenvalue weighted by Crippen LogP contribution is 2.51. The fourth-order valence-corrected chi connectivity index (χ4v) is 2.73. The van der Waals surface area contributed by atoms with E-state index in [0.717, 1.165) is 11.1 Å². The summed E-state index contributed by atoms with van der Waals surface area (Å²) in [5, 5.41) is 20.3. The topological polar surface area (TPSA) is 43.7 Å². The molecule has 0 aliphatic carbocycles. The van der Waals surface area contributed by atoms with E-state index < -0.39 is 29.1 Å². The van der Waals surface area contributed by atoms with Gasteiger partial charge in [-0.05, 0) is 38.5 Å². The van der Waals surface area contributed by atoms with E-state index in [1.54, 1.807) is 13.8 Å². The largest absolute Gasteiger partial charge is 0.430 e. The summed E-state index contributed by atoms with van der Waals surface area (Å²) < 4.78 is 77.8. The Labute approximate surface area is 133 Å². The normalized spacial score (nSPS) is 18.3. The zero-order valence-electron chi connectivity index (χ0n) is 12.9. The standard InChI is InChI=1S/C15H15F6NO2/c1-8-7-12(2,3)22(24)11-5-4-9(6-10(8)11)13(23,14(16,17)18)15(19,20)21/h4-7,23-24H,1-3H3. The zero-order valence-corrected chi connectivity index (χ0v) is 12.9. The van der Waals surface area contributed by atoms with Crippen LogP contribution in [0.4, 0.5) is 32.0 Å². The number of halogens is 6. The van der Waals surface area contributed by atoms with Gasteiger partial charge in [0.1, 0.15) is 0 Å². The number of alkyl halides is 6. The van der Waals surface area contributed by atoms with E-state index in [-0.39, 0.29) is 11.3 Å². The van der Waals surface area contributed by atoms with Crippen LogP contribution in [-0.4, -0.2) is 28.2 Å². The van der Waals surface area contributed by atoms with Crippen molar-refractivity contribution in [1.29, 1.82) is 0 Å². The van der Waals surface area contributed by atoms with E-state index in [2.05, 4.69) is 0 Å². The van der Waals surface area contributed by atoms with Crippen LogP contribution < -0.4 is 5.06 Å². The van der Waals surface area contributed by atoms with E-state index in [0.29, 0.717) is 17.7 Å². The fraction of sp³-hybridized carbons (Fsp3) is 0.467. The molecule has 0 aromatic heterocycles. The lowest BCUT2D eigenvalue weighted by atomic mass is 9.85. The molecule has 9 heteroatoms. The summed E-state index contributed by atoms with van der Waals surface area (Å²) in [7, 11) is 0. The number of hydrogen-bond acceptors (Lipinski definition) is 3. The molecule has 1 aliphatic rings. The number of allylic oxidation sites excluding steroid dienone is 1. The summed E-state index contributed by atoms with van der Waals surface area (Å²) >= 11 is 0.